The maximum absolute atomic E-state index is 13.0. The summed E-state index contributed by atoms with van der Waals surface area (Å²) in [7, 11) is 0. The number of hydrogen-bond acceptors (Lipinski definition) is 4. The molecule has 0 atom stereocenters. The zero-order chi connectivity index (χ0) is 20.1. The third-order valence-electron chi connectivity index (χ3n) is 4.81. The van der Waals surface area contributed by atoms with Gasteiger partial charge >= 0.3 is 0 Å². The molecule has 144 valence electrons. The summed E-state index contributed by atoms with van der Waals surface area (Å²) in [5.41, 5.74) is 5.17. The van der Waals surface area contributed by atoms with Crippen molar-refractivity contribution >= 4 is 34.4 Å². The molecule has 3 aromatic rings. The number of anilines is 1. The first-order chi connectivity index (χ1) is 13.5. The molecule has 0 fully saturated rings. The van der Waals surface area contributed by atoms with Gasteiger partial charge in [0.05, 0.1) is 29.3 Å². The van der Waals surface area contributed by atoms with E-state index < -0.39 is 0 Å². The highest BCUT2D eigenvalue weighted by Gasteiger charge is 2.18. The Hall–Kier alpha value is -2.78. The van der Waals surface area contributed by atoms with Crippen molar-refractivity contribution in [2.45, 2.75) is 38.9 Å². The van der Waals surface area contributed by atoms with Gasteiger partial charge in [0, 0.05) is 18.8 Å². The van der Waals surface area contributed by atoms with E-state index in [9.17, 15) is 4.79 Å². The molecule has 0 N–H and O–H groups in total. The molecule has 1 amide bonds. The van der Waals surface area contributed by atoms with Gasteiger partial charge in [0.25, 0.3) is 0 Å². The van der Waals surface area contributed by atoms with E-state index in [1.54, 1.807) is 4.90 Å². The van der Waals surface area contributed by atoms with Gasteiger partial charge < -0.3 is 9.47 Å². The molecule has 0 spiro atoms. The predicted molar refractivity (Wildman–Crippen MR) is 115 cm³/mol. The van der Waals surface area contributed by atoms with E-state index in [-0.39, 0.29) is 11.7 Å². The second kappa shape index (κ2) is 8.94. The fourth-order valence-corrected chi connectivity index (χ4v) is 4.08. The van der Waals surface area contributed by atoms with Gasteiger partial charge in [-0.3, -0.25) is 4.79 Å². The molecule has 0 aliphatic carbocycles. The topological polar surface area (TPSA) is 61.9 Å². The number of para-hydroxylation sites is 2. The first kappa shape index (κ1) is 20.0. The highest BCUT2D eigenvalue weighted by Crippen LogP contribution is 2.26. The number of nitriles is 1. The Morgan fingerprint density at radius 2 is 2.00 bits per heavy atom. The van der Waals surface area contributed by atoms with Gasteiger partial charge in [-0.1, -0.05) is 30.0 Å². The molecule has 28 heavy (non-hydrogen) atoms. The Morgan fingerprint density at radius 3 is 2.71 bits per heavy atom. The van der Waals surface area contributed by atoms with E-state index in [2.05, 4.69) is 22.5 Å². The molecule has 1 aromatic heterocycles. The quantitative estimate of drug-likeness (QED) is 0.546. The summed E-state index contributed by atoms with van der Waals surface area (Å²) >= 11 is 1.45. The van der Waals surface area contributed by atoms with Crippen LogP contribution in [0.2, 0.25) is 0 Å². The van der Waals surface area contributed by atoms with Gasteiger partial charge in [-0.25, -0.2) is 4.98 Å². The molecule has 6 heteroatoms. The Kier molecular flexibility index (Phi) is 6.37. The molecule has 1 heterocycles. The number of aromatic nitrogens is 2. The minimum absolute atomic E-state index is 0.0155. The van der Waals surface area contributed by atoms with E-state index in [0.717, 1.165) is 34.0 Å². The molecular weight excluding hydrogens is 368 g/mol. The molecular formula is C22H24N4OS. The predicted octanol–water partition coefficient (Wildman–Crippen LogP) is 4.71. The van der Waals surface area contributed by atoms with Crippen LogP contribution < -0.4 is 4.90 Å². The van der Waals surface area contributed by atoms with Gasteiger partial charge in [0.1, 0.15) is 0 Å². The van der Waals surface area contributed by atoms with Crippen molar-refractivity contribution in [1.29, 1.82) is 5.26 Å². The molecule has 0 saturated carbocycles. The molecule has 5 nitrogen and oxygen atoms in total. The van der Waals surface area contributed by atoms with Crippen molar-refractivity contribution in [2.75, 3.05) is 17.2 Å². The lowest BCUT2D eigenvalue weighted by Crippen LogP contribution is -2.33. The molecule has 0 bridgehead atoms. The molecule has 2 aromatic carbocycles. The van der Waals surface area contributed by atoms with Crippen molar-refractivity contribution in [3.05, 3.63) is 53.6 Å². The average Bonchev–Trinajstić information content (AvgIpc) is 3.06. The van der Waals surface area contributed by atoms with Crippen LogP contribution in [0.4, 0.5) is 5.69 Å². The highest BCUT2D eigenvalue weighted by molar-refractivity contribution is 7.99. The number of imidazole rings is 1. The lowest BCUT2D eigenvalue weighted by Gasteiger charge is -2.22. The number of benzene rings is 2. The van der Waals surface area contributed by atoms with Crippen LogP contribution in [0.15, 0.2) is 47.6 Å². The third-order valence-corrected chi connectivity index (χ3v) is 5.77. The minimum Gasteiger partial charge on any atom is -0.319 e. The van der Waals surface area contributed by atoms with E-state index in [1.807, 2.05) is 56.3 Å². The van der Waals surface area contributed by atoms with Crippen molar-refractivity contribution in [2.24, 2.45) is 0 Å². The maximum atomic E-state index is 13.0. The van der Waals surface area contributed by atoms with Gasteiger partial charge in [0.2, 0.25) is 5.91 Å². The summed E-state index contributed by atoms with van der Waals surface area (Å²) in [6, 6.07) is 16.1. The Morgan fingerprint density at radius 1 is 1.21 bits per heavy atom. The van der Waals surface area contributed by atoms with E-state index in [1.165, 1.54) is 17.3 Å². The zero-order valence-electron chi connectivity index (χ0n) is 16.5. The van der Waals surface area contributed by atoms with Gasteiger partial charge in [-0.05, 0) is 56.2 Å². The first-order valence-corrected chi connectivity index (χ1v) is 10.4. The Labute approximate surface area is 170 Å². The van der Waals surface area contributed by atoms with E-state index in [4.69, 9.17) is 5.26 Å². The van der Waals surface area contributed by atoms with Gasteiger partial charge in [-0.15, -0.1) is 0 Å². The lowest BCUT2D eigenvalue weighted by molar-refractivity contribution is -0.116. The first-order valence-electron chi connectivity index (χ1n) is 9.37. The lowest BCUT2D eigenvalue weighted by atomic mass is 10.1. The fourth-order valence-electron chi connectivity index (χ4n) is 3.13. The minimum atomic E-state index is -0.0155. The van der Waals surface area contributed by atoms with Crippen molar-refractivity contribution in [1.82, 2.24) is 9.55 Å². The summed E-state index contributed by atoms with van der Waals surface area (Å²) in [6.45, 7) is 7.35. The third kappa shape index (κ3) is 4.20. The van der Waals surface area contributed by atoms with Crippen LogP contribution in [0.5, 0.6) is 0 Å². The second-order valence-electron chi connectivity index (χ2n) is 6.64. The van der Waals surface area contributed by atoms with E-state index >= 15 is 0 Å². The van der Waals surface area contributed by atoms with E-state index in [0.29, 0.717) is 13.0 Å². The highest BCUT2D eigenvalue weighted by atomic mass is 32.2. The van der Waals surface area contributed by atoms with Crippen LogP contribution in [0.25, 0.3) is 11.0 Å². The number of amides is 1. The average molecular weight is 393 g/mol. The number of carbonyl (C=O) groups is 1. The summed E-state index contributed by atoms with van der Waals surface area (Å²) in [4.78, 5) is 19.4. The molecule has 0 radical (unpaired) electrons. The summed E-state index contributed by atoms with van der Waals surface area (Å²) in [5.74, 6) is 0.264. The van der Waals surface area contributed by atoms with Gasteiger partial charge in [0.15, 0.2) is 5.16 Å². The number of rotatable bonds is 7. The van der Waals surface area contributed by atoms with Crippen LogP contribution in [0.3, 0.4) is 0 Å². The number of nitrogens with zero attached hydrogens (tertiary/aromatic N) is 4. The van der Waals surface area contributed by atoms with Crippen LogP contribution in [-0.2, 0) is 11.3 Å². The fraction of sp³-hybridized carbons (Fsp3) is 0.318. The molecule has 0 aliphatic rings. The SMILES string of the molecule is CCn1c(SCC(=O)N(CCC#N)c2ccc(C)c(C)c2)nc2ccccc21. The van der Waals surface area contributed by atoms with Crippen molar-refractivity contribution in [3.63, 3.8) is 0 Å². The largest absolute Gasteiger partial charge is 0.319 e. The Bertz CT molecular complexity index is 1030. The summed E-state index contributed by atoms with van der Waals surface area (Å²) < 4.78 is 2.13. The Balaban J connectivity index is 1.80. The zero-order valence-corrected chi connectivity index (χ0v) is 17.3. The number of aryl methyl sites for hydroxylation is 3. The maximum Gasteiger partial charge on any atom is 0.237 e. The van der Waals surface area contributed by atoms with Gasteiger partial charge in [-0.2, -0.15) is 5.26 Å². The number of carbonyl (C=O) groups excluding carboxylic acids is 1. The molecule has 3 rings (SSSR count). The second-order valence-corrected chi connectivity index (χ2v) is 7.58. The number of fused-ring (bicyclic) bond motifs is 1. The molecule has 0 aliphatic heterocycles. The monoisotopic (exact) mass is 392 g/mol. The van der Waals surface area contributed by atoms with Crippen LogP contribution in [-0.4, -0.2) is 27.8 Å². The number of hydrogen-bond donors (Lipinski definition) is 0. The van der Waals surface area contributed by atoms with Crippen molar-refractivity contribution < 1.29 is 4.79 Å². The number of thioether (sulfide) groups is 1. The van der Waals surface area contributed by atoms with Crippen molar-refractivity contribution in [3.8, 4) is 6.07 Å². The summed E-state index contributed by atoms with van der Waals surface area (Å²) in [5, 5.41) is 9.84. The smallest absolute Gasteiger partial charge is 0.237 e. The van der Waals surface area contributed by atoms with Crippen LogP contribution in [0, 0.1) is 25.2 Å². The van der Waals surface area contributed by atoms with Crippen LogP contribution >= 0.6 is 11.8 Å². The molecule has 0 saturated heterocycles. The summed E-state index contributed by atoms with van der Waals surface area (Å²) in [6.07, 6.45) is 0.302. The normalized spacial score (nSPS) is 10.8. The standard InChI is InChI=1S/C22H24N4OS/c1-4-25-20-9-6-5-8-19(20)24-22(25)28-15-21(27)26(13-7-12-23)18-11-10-16(2)17(3)14-18/h5-6,8-11,14H,4,7,13,15H2,1-3H3. The van der Waals surface area contributed by atoms with Crippen LogP contribution in [0.1, 0.15) is 24.5 Å². The molecule has 0 unspecified atom stereocenters.